The minimum Gasteiger partial charge on any atom is -0.424 e. The van der Waals surface area contributed by atoms with Crippen molar-refractivity contribution in [1.29, 1.82) is 0 Å². The summed E-state index contributed by atoms with van der Waals surface area (Å²) in [5, 5.41) is 12.3. The van der Waals surface area contributed by atoms with E-state index in [-0.39, 0.29) is 31.1 Å². The summed E-state index contributed by atoms with van der Waals surface area (Å²) < 4.78 is 18.9. The van der Waals surface area contributed by atoms with Crippen LogP contribution in [0.3, 0.4) is 0 Å². The number of urea groups is 1. The molecule has 3 aromatic rings. The van der Waals surface area contributed by atoms with Crippen LogP contribution < -0.4 is 10.1 Å². The average molecular weight is 451 g/mol. The number of carbonyl (C=O) groups is 2. The highest BCUT2D eigenvalue weighted by molar-refractivity contribution is 5.97. The summed E-state index contributed by atoms with van der Waals surface area (Å²) in [6.07, 6.45) is 0.785. The second-order valence-corrected chi connectivity index (χ2v) is 7.39. The van der Waals surface area contributed by atoms with Gasteiger partial charge in [0.05, 0.1) is 12.3 Å². The van der Waals surface area contributed by atoms with E-state index in [4.69, 9.17) is 4.74 Å². The van der Waals surface area contributed by atoms with Crippen molar-refractivity contribution < 1.29 is 23.8 Å². The van der Waals surface area contributed by atoms with Gasteiger partial charge in [-0.25, -0.2) is 9.18 Å². The van der Waals surface area contributed by atoms with E-state index in [1.54, 1.807) is 37.3 Å². The van der Waals surface area contributed by atoms with E-state index < -0.39 is 12.0 Å². The van der Waals surface area contributed by atoms with Crippen molar-refractivity contribution in [2.45, 2.75) is 19.8 Å². The summed E-state index contributed by atoms with van der Waals surface area (Å²) in [5.74, 6) is -0.630. The van der Waals surface area contributed by atoms with Crippen molar-refractivity contribution in [2.75, 3.05) is 25.0 Å². The largest absolute Gasteiger partial charge is 0.424 e. The third kappa shape index (κ3) is 6.63. The highest BCUT2D eigenvalue weighted by Gasteiger charge is 2.20. The normalized spacial score (nSPS) is 10.5. The monoisotopic (exact) mass is 450 g/mol. The quantitative estimate of drug-likeness (QED) is 0.360. The van der Waals surface area contributed by atoms with Gasteiger partial charge in [0, 0.05) is 25.1 Å². The average Bonchev–Trinajstić information content (AvgIpc) is 2.83. The molecule has 6 nitrogen and oxygen atoms in total. The molecule has 7 heteroatoms. The molecule has 0 aromatic heterocycles. The summed E-state index contributed by atoms with van der Waals surface area (Å²) in [6, 6.07) is 20.2. The lowest BCUT2D eigenvalue weighted by molar-refractivity contribution is -0.133. The Kier molecular flexibility index (Phi) is 8.55. The first-order valence-electron chi connectivity index (χ1n) is 10.8. The molecule has 0 unspecified atom stereocenters. The highest BCUT2D eigenvalue weighted by Crippen LogP contribution is 2.36. The molecule has 2 amide bonds. The van der Waals surface area contributed by atoms with E-state index in [9.17, 15) is 19.1 Å². The molecule has 33 heavy (non-hydrogen) atoms. The zero-order valence-electron chi connectivity index (χ0n) is 18.5. The molecule has 2 N–H and O–H groups in total. The molecular weight excluding hydrogens is 423 g/mol. The first-order chi connectivity index (χ1) is 16.0. The summed E-state index contributed by atoms with van der Waals surface area (Å²) in [7, 11) is 0. The molecule has 0 saturated carbocycles. The van der Waals surface area contributed by atoms with Crippen LogP contribution in [-0.2, 0) is 11.2 Å². The first kappa shape index (κ1) is 23.9. The summed E-state index contributed by atoms with van der Waals surface area (Å²) in [6.45, 7) is 2.01. The number of halogens is 1. The number of aliphatic hydroxyl groups excluding tert-OH is 1. The Morgan fingerprint density at radius 1 is 0.970 bits per heavy atom. The standard InChI is InChI=1S/C26H27FN2O4/c1-2-24(31)33-23-10-6-9-22(20-11-13-21(27)14-12-20)25(23)28-26(32)29(17-18-30)16-15-19-7-4-3-5-8-19/h3-14,30H,2,15-18H2,1H3,(H,28,32). The van der Waals surface area contributed by atoms with Crippen LogP contribution in [0.25, 0.3) is 11.1 Å². The van der Waals surface area contributed by atoms with Gasteiger partial charge >= 0.3 is 12.0 Å². The van der Waals surface area contributed by atoms with Crippen LogP contribution in [0.1, 0.15) is 18.9 Å². The molecule has 0 fully saturated rings. The minimum absolute atomic E-state index is 0.140. The van der Waals surface area contributed by atoms with E-state index >= 15 is 0 Å². The minimum atomic E-state index is -0.446. The van der Waals surface area contributed by atoms with Gasteiger partial charge in [0.2, 0.25) is 0 Å². The third-order valence-corrected chi connectivity index (χ3v) is 5.10. The lowest BCUT2D eigenvalue weighted by atomic mass is 10.0. The number of carbonyl (C=O) groups excluding carboxylic acids is 2. The molecule has 0 aliphatic carbocycles. The number of aliphatic hydroxyl groups is 1. The van der Waals surface area contributed by atoms with Gasteiger partial charge in [-0.2, -0.15) is 0 Å². The second kappa shape index (κ2) is 11.8. The van der Waals surface area contributed by atoms with Gasteiger partial charge in [-0.05, 0) is 35.7 Å². The number of anilines is 1. The Morgan fingerprint density at radius 2 is 1.70 bits per heavy atom. The number of nitrogens with one attached hydrogen (secondary N) is 1. The van der Waals surface area contributed by atoms with Crippen LogP contribution in [0.5, 0.6) is 5.75 Å². The van der Waals surface area contributed by atoms with E-state index in [2.05, 4.69) is 5.32 Å². The topological polar surface area (TPSA) is 78.9 Å². The number of hydrogen-bond acceptors (Lipinski definition) is 4. The fourth-order valence-electron chi connectivity index (χ4n) is 3.34. The van der Waals surface area contributed by atoms with Crippen LogP contribution in [0, 0.1) is 5.82 Å². The zero-order chi connectivity index (χ0) is 23.6. The number of ether oxygens (including phenoxy) is 1. The number of benzene rings is 3. The van der Waals surface area contributed by atoms with Gasteiger partial charge in [-0.15, -0.1) is 0 Å². The Bertz CT molecular complexity index is 1070. The lowest BCUT2D eigenvalue weighted by Gasteiger charge is -2.24. The number of para-hydroxylation sites is 1. The maximum absolute atomic E-state index is 13.5. The molecule has 0 saturated heterocycles. The van der Waals surface area contributed by atoms with Crippen LogP contribution in [0.15, 0.2) is 72.8 Å². The van der Waals surface area contributed by atoms with E-state index in [1.807, 2.05) is 30.3 Å². The first-order valence-corrected chi connectivity index (χ1v) is 10.8. The molecule has 0 bridgehead atoms. The maximum atomic E-state index is 13.5. The summed E-state index contributed by atoms with van der Waals surface area (Å²) >= 11 is 0. The molecule has 0 atom stereocenters. The van der Waals surface area contributed by atoms with Crippen molar-refractivity contribution in [3.05, 3.63) is 84.2 Å². The molecule has 0 aliphatic rings. The molecule has 0 aliphatic heterocycles. The number of amides is 2. The number of nitrogens with zero attached hydrogens (tertiary/aromatic N) is 1. The van der Waals surface area contributed by atoms with E-state index in [0.717, 1.165) is 5.56 Å². The van der Waals surface area contributed by atoms with Gasteiger partial charge < -0.3 is 20.1 Å². The fourth-order valence-corrected chi connectivity index (χ4v) is 3.34. The predicted molar refractivity (Wildman–Crippen MR) is 126 cm³/mol. The Morgan fingerprint density at radius 3 is 2.36 bits per heavy atom. The van der Waals surface area contributed by atoms with Crippen molar-refractivity contribution in [3.8, 4) is 16.9 Å². The second-order valence-electron chi connectivity index (χ2n) is 7.39. The van der Waals surface area contributed by atoms with Gasteiger partial charge in [0.25, 0.3) is 0 Å². The van der Waals surface area contributed by atoms with Gasteiger partial charge in [-0.1, -0.05) is 61.5 Å². The zero-order valence-corrected chi connectivity index (χ0v) is 18.5. The maximum Gasteiger partial charge on any atom is 0.322 e. The highest BCUT2D eigenvalue weighted by atomic mass is 19.1. The molecule has 0 spiro atoms. The van der Waals surface area contributed by atoms with Gasteiger partial charge in [0.1, 0.15) is 5.82 Å². The van der Waals surface area contributed by atoms with Crippen molar-refractivity contribution in [2.24, 2.45) is 0 Å². The Balaban J connectivity index is 1.90. The number of rotatable bonds is 9. The number of esters is 1. The summed E-state index contributed by atoms with van der Waals surface area (Å²) in [5.41, 5.74) is 2.60. The van der Waals surface area contributed by atoms with Gasteiger partial charge in [0.15, 0.2) is 5.75 Å². The lowest BCUT2D eigenvalue weighted by Crippen LogP contribution is -2.38. The molecular formula is C26H27FN2O4. The van der Waals surface area contributed by atoms with Crippen LogP contribution in [-0.4, -0.2) is 41.7 Å². The van der Waals surface area contributed by atoms with Crippen molar-refractivity contribution in [3.63, 3.8) is 0 Å². The molecule has 0 heterocycles. The van der Waals surface area contributed by atoms with Crippen LogP contribution in [0.4, 0.5) is 14.9 Å². The number of hydrogen-bond donors (Lipinski definition) is 2. The molecule has 172 valence electrons. The van der Waals surface area contributed by atoms with Crippen molar-refractivity contribution in [1.82, 2.24) is 4.90 Å². The van der Waals surface area contributed by atoms with Crippen molar-refractivity contribution >= 4 is 17.7 Å². The SMILES string of the molecule is CCC(=O)Oc1cccc(-c2ccc(F)cc2)c1NC(=O)N(CCO)CCc1ccccc1. The van der Waals surface area contributed by atoms with Crippen LogP contribution in [0.2, 0.25) is 0 Å². The summed E-state index contributed by atoms with van der Waals surface area (Å²) in [4.78, 5) is 26.7. The molecule has 3 aromatic carbocycles. The van der Waals surface area contributed by atoms with Gasteiger partial charge in [-0.3, -0.25) is 4.79 Å². The Hall–Kier alpha value is -3.71. The van der Waals surface area contributed by atoms with E-state index in [0.29, 0.717) is 29.8 Å². The molecule has 3 rings (SSSR count). The smallest absolute Gasteiger partial charge is 0.322 e. The predicted octanol–water partition coefficient (Wildman–Crippen LogP) is 4.88. The third-order valence-electron chi connectivity index (χ3n) is 5.10. The Labute approximate surface area is 192 Å². The fraction of sp³-hybridized carbons (Fsp3) is 0.231. The molecule has 0 radical (unpaired) electrons. The van der Waals surface area contributed by atoms with E-state index in [1.165, 1.54) is 17.0 Å². The van der Waals surface area contributed by atoms with Crippen LogP contribution >= 0.6 is 0 Å².